The van der Waals surface area contributed by atoms with Crippen LogP contribution in [-0.4, -0.2) is 35.4 Å². The molecule has 134 valence electrons. The fourth-order valence-corrected chi connectivity index (χ4v) is 7.09. The van der Waals surface area contributed by atoms with Crippen LogP contribution in [0, 0.1) is 22.7 Å². The van der Waals surface area contributed by atoms with Crippen LogP contribution in [0.15, 0.2) is 23.8 Å². The fourth-order valence-electron chi connectivity index (χ4n) is 7.09. The van der Waals surface area contributed by atoms with E-state index in [1.54, 1.807) is 0 Å². The van der Waals surface area contributed by atoms with Crippen LogP contribution in [0.3, 0.4) is 0 Å². The lowest BCUT2D eigenvalue weighted by atomic mass is 9.60. The highest BCUT2D eigenvalue weighted by Gasteiger charge is 2.81. The Hall–Kier alpha value is -1.62. The molecule has 0 radical (unpaired) electrons. The maximum absolute atomic E-state index is 13.0. The lowest BCUT2D eigenvalue weighted by Crippen LogP contribution is -2.46. The summed E-state index contributed by atoms with van der Waals surface area (Å²) < 4.78 is 11.3. The molecule has 4 fully saturated rings. The van der Waals surface area contributed by atoms with Crippen molar-refractivity contribution >= 4 is 11.9 Å². The molecule has 0 aromatic rings. The van der Waals surface area contributed by atoms with E-state index >= 15 is 0 Å². The van der Waals surface area contributed by atoms with Crippen molar-refractivity contribution < 1.29 is 24.2 Å². The normalized spacial score (nSPS) is 52.4. The third-order valence-corrected chi connectivity index (χ3v) is 7.99. The smallest absolute Gasteiger partial charge is 0.313 e. The van der Waals surface area contributed by atoms with Crippen LogP contribution in [0.1, 0.15) is 45.4 Å². The molecule has 5 aliphatic rings. The molecule has 0 aromatic heterocycles. The molecule has 0 amide bonds. The minimum atomic E-state index is -0.954. The molecule has 4 aliphatic carbocycles. The Labute approximate surface area is 147 Å². The minimum Gasteiger partial charge on any atom is -0.469 e. The van der Waals surface area contributed by atoms with Gasteiger partial charge in [-0.2, -0.15) is 0 Å². The van der Waals surface area contributed by atoms with Gasteiger partial charge in [-0.15, -0.1) is 0 Å². The lowest BCUT2D eigenvalue weighted by Gasteiger charge is -2.39. The summed E-state index contributed by atoms with van der Waals surface area (Å²) in [5, 5.41) is 11.0. The minimum absolute atomic E-state index is 0.183. The fraction of sp³-hybridized carbons (Fsp3) is 0.700. The van der Waals surface area contributed by atoms with Gasteiger partial charge in [0.25, 0.3) is 0 Å². The number of hydrogen-bond acceptors (Lipinski definition) is 5. The van der Waals surface area contributed by atoms with E-state index in [0.29, 0.717) is 19.3 Å². The molecule has 5 nitrogen and oxygen atoms in total. The highest BCUT2D eigenvalue weighted by atomic mass is 16.6. The summed E-state index contributed by atoms with van der Waals surface area (Å²) in [5.74, 6) is -1.15. The maximum atomic E-state index is 13.0. The predicted octanol–water partition coefficient (Wildman–Crippen LogP) is 2.29. The largest absolute Gasteiger partial charge is 0.469 e. The van der Waals surface area contributed by atoms with Gasteiger partial charge in [-0.25, -0.2) is 0 Å². The van der Waals surface area contributed by atoms with E-state index in [-0.39, 0.29) is 17.9 Å². The quantitative estimate of drug-likeness (QED) is 0.584. The van der Waals surface area contributed by atoms with Crippen LogP contribution in [0.2, 0.25) is 0 Å². The van der Waals surface area contributed by atoms with Crippen LogP contribution in [0.5, 0.6) is 0 Å². The van der Waals surface area contributed by atoms with E-state index in [2.05, 4.69) is 6.58 Å². The van der Waals surface area contributed by atoms with Crippen molar-refractivity contribution in [2.24, 2.45) is 22.7 Å². The monoisotopic (exact) mass is 344 g/mol. The Kier molecular flexibility index (Phi) is 2.62. The van der Waals surface area contributed by atoms with Gasteiger partial charge in [-0.05, 0) is 56.6 Å². The maximum Gasteiger partial charge on any atom is 0.313 e. The molecule has 5 rings (SSSR count). The standard InChI is InChI=1S/C20H24O5/c1-11-9-18-10-19(11,23)8-5-12(18)20-7-4-6-17(2,16(22)25-20)14(20)13(18)15(21)24-3/h5,13-14,23H,1,4,6-10H2,2-3H3/t13?,14-,17-,18+,19+,20-/m1/s1. The first-order valence-electron chi connectivity index (χ1n) is 9.17. The number of aliphatic hydroxyl groups is 1. The second-order valence-corrected chi connectivity index (χ2v) is 9.00. The van der Waals surface area contributed by atoms with E-state index in [9.17, 15) is 14.7 Å². The number of carbonyl (C=O) groups excluding carboxylic acids is 2. The summed E-state index contributed by atoms with van der Waals surface area (Å²) in [4.78, 5) is 25.7. The molecule has 1 N–H and O–H groups in total. The second-order valence-electron chi connectivity index (χ2n) is 9.00. The van der Waals surface area contributed by atoms with Crippen LogP contribution in [0.25, 0.3) is 0 Å². The number of fused-ring (bicyclic) bond motifs is 1. The molecule has 25 heavy (non-hydrogen) atoms. The van der Waals surface area contributed by atoms with Crippen molar-refractivity contribution in [3.8, 4) is 0 Å². The van der Waals surface area contributed by atoms with Gasteiger partial charge in [0.2, 0.25) is 0 Å². The van der Waals surface area contributed by atoms with E-state index in [0.717, 1.165) is 30.4 Å². The molecule has 1 spiro atoms. The van der Waals surface area contributed by atoms with Gasteiger partial charge in [-0.3, -0.25) is 9.59 Å². The van der Waals surface area contributed by atoms with Gasteiger partial charge in [0.15, 0.2) is 0 Å². The molecule has 3 saturated carbocycles. The molecule has 0 aromatic carbocycles. The zero-order chi connectivity index (χ0) is 17.8. The summed E-state index contributed by atoms with van der Waals surface area (Å²) in [6.07, 6.45) is 5.98. The van der Waals surface area contributed by atoms with Crippen molar-refractivity contribution in [1.29, 1.82) is 0 Å². The van der Waals surface area contributed by atoms with Crippen molar-refractivity contribution in [1.82, 2.24) is 0 Å². The summed E-state index contributed by atoms with van der Waals surface area (Å²) in [6.45, 7) is 6.06. The molecule has 1 aliphatic heterocycles. The first kappa shape index (κ1) is 15.6. The highest BCUT2D eigenvalue weighted by Crippen LogP contribution is 2.77. The predicted molar refractivity (Wildman–Crippen MR) is 88.2 cm³/mol. The SMILES string of the molecule is C=C1C[C@]23C[C@@]1(O)CC=C2[C@@]12CCC[C@@](C)(C(=O)O1)[C@H]2C3C(=O)OC. The topological polar surface area (TPSA) is 72.8 Å². The molecule has 4 bridgehead atoms. The van der Waals surface area contributed by atoms with Crippen LogP contribution in [0.4, 0.5) is 0 Å². The van der Waals surface area contributed by atoms with E-state index in [1.165, 1.54) is 7.11 Å². The molecule has 6 atom stereocenters. The zero-order valence-electron chi connectivity index (χ0n) is 14.8. The summed E-state index contributed by atoms with van der Waals surface area (Å²) in [6, 6.07) is 0. The Morgan fingerprint density at radius 1 is 1.44 bits per heavy atom. The van der Waals surface area contributed by atoms with Gasteiger partial charge in [0, 0.05) is 11.3 Å². The van der Waals surface area contributed by atoms with Gasteiger partial charge < -0.3 is 14.6 Å². The number of esters is 2. The Bertz CT molecular complexity index is 768. The molecule has 5 heteroatoms. The summed E-state index contributed by atoms with van der Waals surface area (Å²) >= 11 is 0. The number of methoxy groups -OCH3 is 1. The molecular weight excluding hydrogens is 320 g/mol. The number of hydrogen-bond donors (Lipinski definition) is 1. The zero-order valence-corrected chi connectivity index (χ0v) is 14.8. The molecular formula is C20H24O5. The van der Waals surface area contributed by atoms with Crippen molar-refractivity contribution in [3.05, 3.63) is 23.8 Å². The average Bonchev–Trinajstić information content (AvgIpc) is 2.95. The van der Waals surface area contributed by atoms with Crippen LogP contribution >= 0.6 is 0 Å². The average molecular weight is 344 g/mol. The van der Waals surface area contributed by atoms with Gasteiger partial charge in [-0.1, -0.05) is 12.7 Å². The van der Waals surface area contributed by atoms with Gasteiger partial charge in [0.1, 0.15) is 5.60 Å². The van der Waals surface area contributed by atoms with E-state index in [4.69, 9.17) is 9.47 Å². The lowest BCUT2D eigenvalue weighted by molar-refractivity contribution is -0.154. The Balaban J connectivity index is 1.79. The number of ether oxygens (including phenoxy) is 2. The molecule has 1 heterocycles. The van der Waals surface area contributed by atoms with E-state index < -0.39 is 27.9 Å². The Morgan fingerprint density at radius 3 is 2.92 bits per heavy atom. The van der Waals surface area contributed by atoms with Crippen molar-refractivity contribution in [2.45, 2.75) is 56.7 Å². The number of rotatable bonds is 1. The summed E-state index contributed by atoms with van der Waals surface area (Å²) in [5.41, 5.74) is -0.991. The third kappa shape index (κ3) is 1.44. The van der Waals surface area contributed by atoms with Crippen LogP contribution in [-0.2, 0) is 19.1 Å². The summed E-state index contributed by atoms with van der Waals surface area (Å²) in [7, 11) is 1.40. The highest BCUT2D eigenvalue weighted by molar-refractivity contribution is 5.87. The number of carbonyl (C=O) groups is 2. The molecule has 1 unspecified atom stereocenters. The van der Waals surface area contributed by atoms with E-state index in [1.807, 2.05) is 13.0 Å². The second kappa shape index (κ2) is 4.20. The van der Waals surface area contributed by atoms with Crippen molar-refractivity contribution in [3.63, 3.8) is 0 Å². The Morgan fingerprint density at radius 2 is 2.20 bits per heavy atom. The van der Waals surface area contributed by atoms with Crippen LogP contribution < -0.4 is 0 Å². The third-order valence-electron chi connectivity index (χ3n) is 7.99. The first-order chi connectivity index (χ1) is 11.7. The van der Waals surface area contributed by atoms with Crippen molar-refractivity contribution in [2.75, 3.05) is 7.11 Å². The molecule has 1 saturated heterocycles. The van der Waals surface area contributed by atoms with Gasteiger partial charge >= 0.3 is 11.9 Å². The van der Waals surface area contributed by atoms with Gasteiger partial charge in [0.05, 0.1) is 24.0 Å². The first-order valence-corrected chi connectivity index (χ1v) is 9.17.